The number of ether oxygens (including phenoxy) is 1. The zero-order chi connectivity index (χ0) is 27.5. The molecular formula is C28H32Cl2N2O4S. The van der Waals surface area contributed by atoms with Gasteiger partial charge in [0.05, 0.1) is 41.7 Å². The maximum absolute atomic E-state index is 13.0. The van der Waals surface area contributed by atoms with Crippen molar-refractivity contribution in [1.82, 2.24) is 5.32 Å². The number of amides is 1. The second-order valence-electron chi connectivity index (χ2n) is 9.34. The quantitative estimate of drug-likeness (QED) is 0.308. The number of carbonyl (C=O) groups is 1. The summed E-state index contributed by atoms with van der Waals surface area (Å²) >= 11 is 12.4. The van der Waals surface area contributed by atoms with Crippen molar-refractivity contribution < 1.29 is 17.9 Å². The van der Waals surface area contributed by atoms with E-state index in [1.165, 1.54) is 4.31 Å². The maximum Gasteiger partial charge on any atom is 0.251 e. The summed E-state index contributed by atoms with van der Waals surface area (Å²) < 4.78 is 31.8. The highest BCUT2D eigenvalue weighted by Crippen LogP contribution is 2.35. The van der Waals surface area contributed by atoms with Crippen LogP contribution in [0, 0.1) is 6.92 Å². The summed E-state index contributed by atoms with van der Waals surface area (Å²) in [6.07, 6.45) is 1.11. The Hall–Kier alpha value is -2.74. The molecule has 0 fully saturated rings. The topological polar surface area (TPSA) is 75.7 Å². The molecule has 6 nitrogen and oxygen atoms in total. The van der Waals surface area contributed by atoms with Crippen LogP contribution in [-0.2, 0) is 16.6 Å². The highest BCUT2D eigenvalue weighted by atomic mass is 35.5. The summed E-state index contributed by atoms with van der Waals surface area (Å²) in [6.45, 7) is 8.20. The number of methoxy groups -OCH3 is 1. The number of aryl methyl sites for hydroxylation is 1. The van der Waals surface area contributed by atoms with E-state index >= 15 is 0 Å². The van der Waals surface area contributed by atoms with Gasteiger partial charge in [-0.3, -0.25) is 9.10 Å². The van der Waals surface area contributed by atoms with Gasteiger partial charge in [0.15, 0.2) is 0 Å². The molecule has 9 heteroatoms. The molecule has 0 radical (unpaired) electrons. The molecule has 1 N–H and O–H groups in total. The molecule has 1 amide bonds. The zero-order valence-electron chi connectivity index (χ0n) is 21.8. The number of hydrogen-bond acceptors (Lipinski definition) is 4. The molecule has 0 spiro atoms. The van der Waals surface area contributed by atoms with E-state index in [0.29, 0.717) is 16.8 Å². The predicted octanol–water partition coefficient (Wildman–Crippen LogP) is 6.89. The van der Waals surface area contributed by atoms with Crippen LogP contribution < -0.4 is 14.4 Å². The second kappa shape index (κ2) is 11.8. The molecule has 0 saturated carbocycles. The van der Waals surface area contributed by atoms with E-state index in [1.807, 2.05) is 19.9 Å². The number of anilines is 1. The Labute approximate surface area is 229 Å². The molecule has 3 rings (SSSR count). The highest BCUT2D eigenvalue weighted by molar-refractivity contribution is 7.92. The summed E-state index contributed by atoms with van der Waals surface area (Å²) in [7, 11) is -1.98. The van der Waals surface area contributed by atoms with Gasteiger partial charge in [-0.05, 0) is 78.4 Å². The number of carbonyl (C=O) groups excluding carboxylic acids is 1. The molecule has 1 atom stereocenters. The van der Waals surface area contributed by atoms with Crippen molar-refractivity contribution in [3.63, 3.8) is 0 Å². The average molecular weight is 564 g/mol. The minimum Gasteiger partial charge on any atom is -0.496 e. The van der Waals surface area contributed by atoms with E-state index in [-0.39, 0.29) is 34.5 Å². The molecule has 0 aliphatic heterocycles. The third-order valence-electron chi connectivity index (χ3n) is 6.20. The lowest BCUT2D eigenvalue weighted by Crippen LogP contribution is -2.30. The molecule has 198 valence electrons. The van der Waals surface area contributed by atoms with Crippen LogP contribution >= 0.6 is 23.2 Å². The van der Waals surface area contributed by atoms with Crippen LogP contribution in [0.1, 0.15) is 65.3 Å². The van der Waals surface area contributed by atoms with Gasteiger partial charge in [0.2, 0.25) is 10.0 Å². The normalized spacial score (nSPS) is 12.4. The van der Waals surface area contributed by atoms with E-state index in [1.54, 1.807) is 49.6 Å². The summed E-state index contributed by atoms with van der Waals surface area (Å²) in [6, 6.07) is 15.5. The number of hydrogen-bond donors (Lipinski definition) is 1. The molecular weight excluding hydrogens is 531 g/mol. The minimum atomic E-state index is -3.65. The Morgan fingerprint density at radius 3 is 2.24 bits per heavy atom. The number of nitrogens with zero attached hydrogens (tertiary/aromatic N) is 1. The number of benzene rings is 3. The standard InChI is InChI=1S/C28H32Cl2N2O4S/c1-17(2)22-15-23(18(3)14-26(22)36-5)19(4)31-28(33)21-12-10-20(11-13-21)16-32(37(6,34)35)25-9-7-8-24(29)27(25)30/h7-15,17,19H,16H2,1-6H3,(H,31,33). The Bertz CT molecular complexity index is 1390. The van der Waals surface area contributed by atoms with Crippen LogP contribution in [0.2, 0.25) is 10.0 Å². The van der Waals surface area contributed by atoms with Crippen molar-refractivity contribution in [2.45, 2.75) is 46.2 Å². The smallest absolute Gasteiger partial charge is 0.251 e. The summed E-state index contributed by atoms with van der Waals surface area (Å²) in [5, 5.41) is 3.49. The highest BCUT2D eigenvalue weighted by Gasteiger charge is 2.22. The van der Waals surface area contributed by atoms with Crippen LogP contribution in [-0.4, -0.2) is 27.7 Å². The van der Waals surface area contributed by atoms with Gasteiger partial charge < -0.3 is 10.1 Å². The number of nitrogens with one attached hydrogen (secondary N) is 1. The van der Waals surface area contributed by atoms with Gasteiger partial charge in [-0.15, -0.1) is 0 Å². The molecule has 0 bridgehead atoms. The minimum absolute atomic E-state index is 0.0419. The van der Waals surface area contributed by atoms with Crippen molar-refractivity contribution in [2.24, 2.45) is 0 Å². The molecule has 3 aromatic rings. The van der Waals surface area contributed by atoms with E-state index < -0.39 is 10.0 Å². The molecule has 0 saturated heterocycles. The van der Waals surface area contributed by atoms with Gasteiger partial charge >= 0.3 is 0 Å². The molecule has 37 heavy (non-hydrogen) atoms. The molecule has 3 aromatic carbocycles. The van der Waals surface area contributed by atoms with Crippen molar-refractivity contribution >= 4 is 44.8 Å². The maximum atomic E-state index is 13.0. The molecule has 0 aliphatic carbocycles. The summed E-state index contributed by atoms with van der Waals surface area (Å²) in [5.74, 6) is 0.892. The van der Waals surface area contributed by atoms with Crippen LogP contribution in [0.3, 0.4) is 0 Å². The van der Waals surface area contributed by atoms with E-state index in [2.05, 4.69) is 25.2 Å². The fourth-order valence-electron chi connectivity index (χ4n) is 4.16. The Morgan fingerprint density at radius 1 is 1.03 bits per heavy atom. The first-order valence-corrected chi connectivity index (χ1v) is 14.4. The number of rotatable bonds is 9. The average Bonchev–Trinajstić information content (AvgIpc) is 2.83. The monoisotopic (exact) mass is 562 g/mol. The van der Waals surface area contributed by atoms with Crippen LogP contribution in [0.5, 0.6) is 5.75 Å². The van der Waals surface area contributed by atoms with Gasteiger partial charge in [-0.2, -0.15) is 0 Å². The lowest BCUT2D eigenvalue weighted by Gasteiger charge is -2.24. The van der Waals surface area contributed by atoms with Gasteiger partial charge in [-0.1, -0.05) is 55.2 Å². The van der Waals surface area contributed by atoms with Crippen molar-refractivity contribution in [3.05, 3.63) is 92.5 Å². The molecule has 0 aliphatic rings. The molecule has 0 heterocycles. The van der Waals surface area contributed by atoms with Crippen LogP contribution in [0.4, 0.5) is 5.69 Å². The second-order valence-corrected chi connectivity index (χ2v) is 12.0. The lowest BCUT2D eigenvalue weighted by molar-refractivity contribution is 0.0939. The lowest BCUT2D eigenvalue weighted by atomic mass is 9.93. The first-order chi connectivity index (χ1) is 17.3. The Kier molecular flexibility index (Phi) is 9.16. The first-order valence-electron chi connectivity index (χ1n) is 11.8. The van der Waals surface area contributed by atoms with Crippen LogP contribution in [0.25, 0.3) is 0 Å². The van der Waals surface area contributed by atoms with Crippen molar-refractivity contribution in [1.29, 1.82) is 0 Å². The summed E-state index contributed by atoms with van der Waals surface area (Å²) in [5.41, 5.74) is 4.60. The van der Waals surface area contributed by atoms with E-state index in [4.69, 9.17) is 27.9 Å². The zero-order valence-corrected chi connectivity index (χ0v) is 24.1. The van der Waals surface area contributed by atoms with Crippen LogP contribution in [0.15, 0.2) is 54.6 Å². The van der Waals surface area contributed by atoms with Gasteiger partial charge in [0.1, 0.15) is 5.75 Å². The fraction of sp³-hybridized carbons (Fsp3) is 0.321. The van der Waals surface area contributed by atoms with Gasteiger partial charge in [0.25, 0.3) is 5.91 Å². The third-order valence-corrected chi connectivity index (χ3v) is 8.13. The Morgan fingerprint density at radius 2 is 1.68 bits per heavy atom. The first kappa shape index (κ1) is 28.8. The largest absolute Gasteiger partial charge is 0.496 e. The Balaban J connectivity index is 1.79. The van der Waals surface area contributed by atoms with Gasteiger partial charge in [-0.25, -0.2) is 8.42 Å². The number of sulfonamides is 1. The fourth-order valence-corrected chi connectivity index (χ4v) is 5.50. The van der Waals surface area contributed by atoms with Gasteiger partial charge in [0, 0.05) is 5.56 Å². The van der Waals surface area contributed by atoms with Crippen molar-refractivity contribution in [2.75, 3.05) is 17.7 Å². The molecule has 1 unspecified atom stereocenters. The van der Waals surface area contributed by atoms with Crippen molar-refractivity contribution in [3.8, 4) is 5.75 Å². The SMILES string of the molecule is COc1cc(C)c(C(C)NC(=O)c2ccc(CN(c3cccc(Cl)c3Cl)S(C)(=O)=O)cc2)cc1C(C)C. The predicted molar refractivity (Wildman–Crippen MR) is 152 cm³/mol. The number of halogens is 2. The third kappa shape index (κ3) is 6.78. The van der Waals surface area contributed by atoms with E-state index in [0.717, 1.165) is 28.7 Å². The summed E-state index contributed by atoms with van der Waals surface area (Å²) in [4.78, 5) is 13.0. The molecule has 0 aromatic heterocycles. The van der Waals surface area contributed by atoms with E-state index in [9.17, 15) is 13.2 Å².